The van der Waals surface area contributed by atoms with E-state index in [4.69, 9.17) is 19.8 Å². The van der Waals surface area contributed by atoms with Crippen LogP contribution in [0.2, 0.25) is 0 Å². The van der Waals surface area contributed by atoms with Gasteiger partial charge in [-0.25, -0.2) is 14.6 Å². The number of hydrogen-bond acceptors (Lipinski definition) is 4. The lowest BCUT2D eigenvalue weighted by Crippen LogP contribution is -2.16. The fourth-order valence-corrected chi connectivity index (χ4v) is 1.74. The zero-order valence-electron chi connectivity index (χ0n) is 13.0. The van der Waals surface area contributed by atoms with Crippen molar-refractivity contribution < 1.29 is 19.8 Å². The van der Waals surface area contributed by atoms with Gasteiger partial charge in [0.25, 0.3) is 0 Å². The van der Waals surface area contributed by atoms with Crippen LogP contribution in [0.4, 0.5) is 0 Å². The number of aromatic nitrogens is 2. The average molecular weight is 319 g/mol. The zero-order valence-corrected chi connectivity index (χ0v) is 13.0. The van der Waals surface area contributed by atoms with Crippen molar-refractivity contribution >= 4 is 11.9 Å². The Balaban J connectivity index is 0.000000379. The molecule has 0 unspecified atom stereocenters. The lowest BCUT2D eigenvalue weighted by Gasteiger charge is -2.05. The van der Waals surface area contributed by atoms with Gasteiger partial charge in [0.05, 0.1) is 6.33 Å². The molecule has 0 atom stereocenters. The Morgan fingerprint density at radius 2 is 1.83 bits per heavy atom. The Bertz CT molecular complexity index is 582. The SMILES string of the molecule is Cc1ccc(CNCCCn2ccnc2)cc1.O=C(O)C(=O)O. The molecule has 23 heavy (non-hydrogen) atoms. The largest absolute Gasteiger partial charge is 0.473 e. The van der Waals surface area contributed by atoms with Crippen LogP contribution in [0.5, 0.6) is 0 Å². The topological polar surface area (TPSA) is 104 Å². The molecule has 1 aromatic carbocycles. The van der Waals surface area contributed by atoms with Gasteiger partial charge in [0, 0.05) is 25.5 Å². The van der Waals surface area contributed by atoms with Crippen LogP contribution in [0.15, 0.2) is 43.0 Å². The summed E-state index contributed by atoms with van der Waals surface area (Å²) in [7, 11) is 0. The van der Waals surface area contributed by atoms with E-state index in [0.29, 0.717) is 0 Å². The van der Waals surface area contributed by atoms with Crippen LogP contribution >= 0.6 is 0 Å². The maximum Gasteiger partial charge on any atom is 0.414 e. The highest BCUT2D eigenvalue weighted by Crippen LogP contribution is 2.02. The molecule has 0 amide bonds. The Morgan fingerprint density at radius 1 is 1.17 bits per heavy atom. The van der Waals surface area contributed by atoms with Gasteiger partial charge in [0.1, 0.15) is 0 Å². The van der Waals surface area contributed by atoms with Gasteiger partial charge in [-0.1, -0.05) is 29.8 Å². The minimum atomic E-state index is -1.82. The number of nitrogens with zero attached hydrogens (tertiary/aromatic N) is 2. The summed E-state index contributed by atoms with van der Waals surface area (Å²) in [5.41, 5.74) is 2.66. The quantitative estimate of drug-likeness (QED) is 0.551. The first-order valence-electron chi connectivity index (χ1n) is 7.17. The standard InChI is InChI=1S/C14H19N3.C2H2O4/c1-13-3-5-14(6-4-13)11-15-7-2-9-17-10-8-16-12-17;3-1(4)2(5)6/h3-6,8,10,12,15H,2,7,9,11H2,1H3;(H,3,4)(H,5,6). The van der Waals surface area contributed by atoms with Gasteiger partial charge in [-0.15, -0.1) is 0 Å². The minimum Gasteiger partial charge on any atom is -0.473 e. The number of imidazole rings is 1. The second-order valence-corrected chi connectivity index (χ2v) is 4.93. The zero-order chi connectivity index (χ0) is 17.1. The summed E-state index contributed by atoms with van der Waals surface area (Å²) in [6.07, 6.45) is 6.81. The van der Waals surface area contributed by atoms with Crippen LogP contribution in [0.3, 0.4) is 0 Å². The Morgan fingerprint density at radius 3 is 2.35 bits per heavy atom. The number of hydrogen-bond donors (Lipinski definition) is 3. The van der Waals surface area contributed by atoms with Gasteiger partial charge in [0.15, 0.2) is 0 Å². The maximum absolute atomic E-state index is 9.10. The average Bonchev–Trinajstić information content (AvgIpc) is 3.02. The fraction of sp³-hybridized carbons (Fsp3) is 0.312. The Kier molecular flexibility index (Phi) is 8.09. The first kappa shape index (κ1) is 18.4. The number of rotatable bonds is 6. The first-order chi connectivity index (χ1) is 11.0. The highest BCUT2D eigenvalue weighted by molar-refractivity contribution is 6.27. The van der Waals surface area contributed by atoms with Crippen molar-refractivity contribution in [3.63, 3.8) is 0 Å². The number of benzene rings is 1. The summed E-state index contributed by atoms with van der Waals surface area (Å²) >= 11 is 0. The van der Waals surface area contributed by atoms with Crippen molar-refractivity contribution in [3.05, 3.63) is 54.1 Å². The molecule has 7 nitrogen and oxygen atoms in total. The van der Waals surface area contributed by atoms with Crippen LogP contribution in [0.25, 0.3) is 0 Å². The second kappa shape index (κ2) is 10.1. The molecule has 7 heteroatoms. The molecule has 0 aliphatic heterocycles. The minimum absolute atomic E-state index is 0.949. The van der Waals surface area contributed by atoms with Crippen LogP contribution in [-0.2, 0) is 22.7 Å². The van der Waals surface area contributed by atoms with Crippen LogP contribution in [0, 0.1) is 6.92 Å². The fourth-order valence-electron chi connectivity index (χ4n) is 1.74. The summed E-state index contributed by atoms with van der Waals surface area (Å²) in [6.45, 7) is 5.12. The van der Waals surface area contributed by atoms with Crippen molar-refractivity contribution in [2.24, 2.45) is 0 Å². The van der Waals surface area contributed by atoms with Crippen molar-refractivity contribution in [3.8, 4) is 0 Å². The molecule has 0 radical (unpaired) electrons. The summed E-state index contributed by atoms with van der Waals surface area (Å²) in [5.74, 6) is -3.65. The van der Waals surface area contributed by atoms with E-state index < -0.39 is 11.9 Å². The summed E-state index contributed by atoms with van der Waals surface area (Å²) < 4.78 is 2.10. The number of carbonyl (C=O) groups is 2. The maximum atomic E-state index is 9.10. The lowest BCUT2D eigenvalue weighted by molar-refractivity contribution is -0.159. The summed E-state index contributed by atoms with van der Waals surface area (Å²) in [5, 5.41) is 18.2. The predicted molar refractivity (Wildman–Crippen MR) is 85.0 cm³/mol. The molecular weight excluding hydrogens is 298 g/mol. The summed E-state index contributed by atoms with van der Waals surface area (Å²) in [6, 6.07) is 8.67. The molecule has 0 aliphatic rings. The third-order valence-corrected chi connectivity index (χ3v) is 2.96. The van der Waals surface area contributed by atoms with E-state index in [0.717, 1.165) is 26.1 Å². The smallest absolute Gasteiger partial charge is 0.414 e. The highest BCUT2D eigenvalue weighted by atomic mass is 16.4. The molecular formula is C16H21N3O4. The number of nitrogens with one attached hydrogen (secondary N) is 1. The predicted octanol–water partition coefficient (Wildman–Crippen LogP) is 1.53. The highest BCUT2D eigenvalue weighted by Gasteiger charge is 2.04. The molecule has 2 rings (SSSR count). The number of aryl methyl sites for hydroxylation is 2. The van der Waals surface area contributed by atoms with E-state index in [1.54, 1.807) is 0 Å². The van der Waals surface area contributed by atoms with E-state index in [1.165, 1.54) is 11.1 Å². The molecule has 1 heterocycles. The molecule has 1 aromatic heterocycles. The number of carboxylic acid groups (broad SMARTS) is 2. The third-order valence-electron chi connectivity index (χ3n) is 2.96. The van der Waals surface area contributed by atoms with Crippen LogP contribution < -0.4 is 5.32 Å². The molecule has 0 spiro atoms. The molecule has 0 aliphatic carbocycles. The molecule has 124 valence electrons. The molecule has 0 fully saturated rings. The van der Waals surface area contributed by atoms with Crippen molar-refractivity contribution in [2.75, 3.05) is 6.54 Å². The Hall–Kier alpha value is -2.67. The van der Waals surface area contributed by atoms with E-state index in [9.17, 15) is 0 Å². The normalized spacial score (nSPS) is 9.78. The number of carboxylic acids is 2. The van der Waals surface area contributed by atoms with Gasteiger partial charge >= 0.3 is 11.9 Å². The van der Waals surface area contributed by atoms with Crippen LogP contribution in [0.1, 0.15) is 17.5 Å². The molecule has 0 saturated heterocycles. The van der Waals surface area contributed by atoms with E-state index >= 15 is 0 Å². The van der Waals surface area contributed by atoms with Gasteiger partial charge < -0.3 is 20.1 Å². The first-order valence-corrected chi connectivity index (χ1v) is 7.17. The molecule has 2 aromatic rings. The van der Waals surface area contributed by atoms with E-state index in [-0.39, 0.29) is 0 Å². The number of aliphatic carboxylic acids is 2. The lowest BCUT2D eigenvalue weighted by atomic mass is 10.1. The van der Waals surface area contributed by atoms with Crippen molar-refractivity contribution in [2.45, 2.75) is 26.4 Å². The van der Waals surface area contributed by atoms with Gasteiger partial charge in [-0.3, -0.25) is 0 Å². The monoisotopic (exact) mass is 319 g/mol. The van der Waals surface area contributed by atoms with E-state index in [2.05, 4.69) is 46.1 Å². The third kappa shape index (κ3) is 8.37. The van der Waals surface area contributed by atoms with Gasteiger partial charge in [-0.05, 0) is 25.5 Å². The molecule has 0 bridgehead atoms. The van der Waals surface area contributed by atoms with Gasteiger partial charge in [-0.2, -0.15) is 0 Å². The van der Waals surface area contributed by atoms with Gasteiger partial charge in [0.2, 0.25) is 0 Å². The van der Waals surface area contributed by atoms with E-state index in [1.807, 2.05) is 18.7 Å². The second-order valence-electron chi connectivity index (χ2n) is 4.93. The van der Waals surface area contributed by atoms with Crippen LogP contribution in [-0.4, -0.2) is 38.2 Å². The molecule has 0 saturated carbocycles. The van der Waals surface area contributed by atoms with Crippen molar-refractivity contribution in [1.29, 1.82) is 0 Å². The summed E-state index contributed by atoms with van der Waals surface area (Å²) in [4.78, 5) is 22.2. The van der Waals surface area contributed by atoms with Crippen molar-refractivity contribution in [1.82, 2.24) is 14.9 Å². The Labute approximate surface area is 134 Å². The molecule has 3 N–H and O–H groups in total.